The highest BCUT2D eigenvalue weighted by Crippen LogP contribution is 2.25. The Kier molecular flexibility index (Phi) is 3.40. The van der Waals surface area contributed by atoms with Crippen LogP contribution < -0.4 is 4.74 Å². The fourth-order valence-corrected chi connectivity index (χ4v) is 1.48. The van der Waals surface area contributed by atoms with Crippen LogP contribution in [0.2, 0.25) is 5.02 Å². The third kappa shape index (κ3) is 2.82. The number of aryl methyl sites for hydroxylation is 1. The number of aromatic nitrogens is 1. The Labute approximate surface area is 104 Å². The molecule has 0 N–H and O–H groups in total. The van der Waals surface area contributed by atoms with Crippen LogP contribution in [0.5, 0.6) is 5.75 Å². The van der Waals surface area contributed by atoms with Crippen LogP contribution in [0.4, 0.5) is 0 Å². The second kappa shape index (κ2) is 4.97. The van der Waals surface area contributed by atoms with E-state index in [0.29, 0.717) is 10.8 Å². The van der Waals surface area contributed by atoms with Crippen molar-refractivity contribution in [2.75, 3.05) is 0 Å². The summed E-state index contributed by atoms with van der Waals surface area (Å²) in [6.07, 6.45) is 1.54. The smallest absolute Gasteiger partial charge is 0.362 e. The molecule has 86 valence electrons. The van der Waals surface area contributed by atoms with Gasteiger partial charge in [0.05, 0.1) is 5.02 Å². The standard InChI is InChI=1S/C13H10ClNO2/c1-9-5-6-10(14)12(8-9)17-13(16)11-4-2-3-7-15-11/h2-8H,1H3. The van der Waals surface area contributed by atoms with Crippen molar-refractivity contribution in [2.45, 2.75) is 6.92 Å². The number of benzene rings is 1. The molecule has 2 aromatic rings. The molecule has 0 aliphatic heterocycles. The first-order valence-corrected chi connectivity index (χ1v) is 5.44. The predicted molar refractivity (Wildman–Crippen MR) is 65.4 cm³/mol. The Morgan fingerprint density at radius 2 is 2.12 bits per heavy atom. The Morgan fingerprint density at radius 3 is 2.82 bits per heavy atom. The number of pyridine rings is 1. The van der Waals surface area contributed by atoms with Crippen LogP contribution in [0.15, 0.2) is 42.6 Å². The molecule has 0 atom stereocenters. The number of hydrogen-bond donors (Lipinski definition) is 0. The van der Waals surface area contributed by atoms with Crippen molar-refractivity contribution < 1.29 is 9.53 Å². The SMILES string of the molecule is Cc1ccc(Cl)c(OC(=O)c2ccccn2)c1. The Bertz CT molecular complexity index is 540. The van der Waals surface area contributed by atoms with Crippen LogP contribution in [0.1, 0.15) is 16.1 Å². The third-order valence-electron chi connectivity index (χ3n) is 2.16. The average Bonchev–Trinajstić information content (AvgIpc) is 2.35. The predicted octanol–water partition coefficient (Wildman–Crippen LogP) is 3.26. The molecule has 0 saturated carbocycles. The largest absolute Gasteiger partial charge is 0.420 e. The summed E-state index contributed by atoms with van der Waals surface area (Å²) in [4.78, 5) is 15.6. The van der Waals surface area contributed by atoms with Crippen molar-refractivity contribution in [3.8, 4) is 5.75 Å². The molecule has 0 unspecified atom stereocenters. The molecule has 0 aliphatic carbocycles. The minimum absolute atomic E-state index is 0.255. The first-order chi connectivity index (χ1) is 8.16. The molecule has 0 bridgehead atoms. The van der Waals surface area contributed by atoms with E-state index in [0.717, 1.165) is 5.56 Å². The topological polar surface area (TPSA) is 39.2 Å². The van der Waals surface area contributed by atoms with Gasteiger partial charge in [0.1, 0.15) is 11.4 Å². The van der Waals surface area contributed by atoms with Crippen molar-refractivity contribution >= 4 is 17.6 Å². The second-order valence-electron chi connectivity index (χ2n) is 3.54. The number of ether oxygens (including phenoxy) is 1. The van der Waals surface area contributed by atoms with E-state index in [-0.39, 0.29) is 5.69 Å². The number of rotatable bonds is 2. The highest BCUT2D eigenvalue weighted by molar-refractivity contribution is 6.32. The van der Waals surface area contributed by atoms with E-state index >= 15 is 0 Å². The number of carbonyl (C=O) groups excluding carboxylic acids is 1. The summed E-state index contributed by atoms with van der Waals surface area (Å²) >= 11 is 5.93. The molecular formula is C13H10ClNO2. The molecule has 3 nitrogen and oxygen atoms in total. The third-order valence-corrected chi connectivity index (χ3v) is 2.48. The van der Waals surface area contributed by atoms with Crippen LogP contribution in [-0.2, 0) is 0 Å². The minimum Gasteiger partial charge on any atom is -0.420 e. The van der Waals surface area contributed by atoms with E-state index in [1.807, 2.05) is 13.0 Å². The molecule has 0 amide bonds. The van der Waals surface area contributed by atoms with Crippen LogP contribution in [0.25, 0.3) is 0 Å². The fraction of sp³-hybridized carbons (Fsp3) is 0.0769. The monoisotopic (exact) mass is 247 g/mol. The van der Waals surface area contributed by atoms with Gasteiger partial charge in [0.2, 0.25) is 0 Å². The summed E-state index contributed by atoms with van der Waals surface area (Å²) in [5.41, 5.74) is 1.23. The molecule has 0 saturated heterocycles. The number of carbonyl (C=O) groups is 1. The Morgan fingerprint density at radius 1 is 1.29 bits per heavy atom. The first kappa shape index (κ1) is 11.6. The van der Waals surface area contributed by atoms with Gasteiger partial charge in [0.15, 0.2) is 0 Å². The van der Waals surface area contributed by atoms with E-state index < -0.39 is 5.97 Å². The normalized spacial score (nSPS) is 10.0. The number of esters is 1. The lowest BCUT2D eigenvalue weighted by Gasteiger charge is -2.06. The lowest BCUT2D eigenvalue weighted by atomic mass is 10.2. The van der Waals surface area contributed by atoms with E-state index in [1.165, 1.54) is 6.20 Å². The van der Waals surface area contributed by atoms with Crippen molar-refractivity contribution in [2.24, 2.45) is 0 Å². The minimum atomic E-state index is -0.516. The molecular weight excluding hydrogens is 238 g/mol. The zero-order chi connectivity index (χ0) is 12.3. The zero-order valence-electron chi connectivity index (χ0n) is 9.18. The number of hydrogen-bond acceptors (Lipinski definition) is 3. The van der Waals surface area contributed by atoms with Gasteiger partial charge in [-0.3, -0.25) is 0 Å². The fourth-order valence-electron chi connectivity index (χ4n) is 1.32. The van der Waals surface area contributed by atoms with E-state index in [1.54, 1.807) is 30.3 Å². The molecule has 0 aliphatic rings. The van der Waals surface area contributed by atoms with Crippen molar-refractivity contribution in [1.29, 1.82) is 0 Å². The quantitative estimate of drug-likeness (QED) is 0.604. The van der Waals surface area contributed by atoms with E-state index in [2.05, 4.69) is 4.98 Å². The maximum Gasteiger partial charge on any atom is 0.362 e. The van der Waals surface area contributed by atoms with Gasteiger partial charge in [-0.1, -0.05) is 23.7 Å². The molecule has 1 aromatic heterocycles. The Balaban J connectivity index is 2.22. The van der Waals surface area contributed by atoms with Crippen LogP contribution in [0, 0.1) is 6.92 Å². The first-order valence-electron chi connectivity index (χ1n) is 5.06. The van der Waals surface area contributed by atoms with Gasteiger partial charge in [-0.2, -0.15) is 0 Å². The van der Waals surface area contributed by atoms with Crippen LogP contribution in [-0.4, -0.2) is 11.0 Å². The summed E-state index contributed by atoms with van der Waals surface area (Å²) < 4.78 is 5.18. The van der Waals surface area contributed by atoms with Gasteiger partial charge >= 0.3 is 5.97 Å². The number of halogens is 1. The van der Waals surface area contributed by atoms with Crippen molar-refractivity contribution in [3.05, 3.63) is 58.9 Å². The second-order valence-corrected chi connectivity index (χ2v) is 3.95. The van der Waals surface area contributed by atoms with Gasteiger partial charge < -0.3 is 4.74 Å². The summed E-state index contributed by atoms with van der Waals surface area (Å²) in [6, 6.07) is 10.3. The zero-order valence-corrected chi connectivity index (χ0v) is 9.94. The van der Waals surface area contributed by atoms with Crippen LogP contribution >= 0.6 is 11.6 Å². The van der Waals surface area contributed by atoms with Crippen molar-refractivity contribution in [3.63, 3.8) is 0 Å². The summed E-state index contributed by atoms with van der Waals surface area (Å²) in [6.45, 7) is 1.90. The molecule has 4 heteroatoms. The van der Waals surface area contributed by atoms with Gasteiger partial charge in [-0.05, 0) is 36.8 Å². The van der Waals surface area contributed by atoms with Gasteiger partial charge in [0.25, 0.3) is 0 Å². The summed E-state index contributed by atoms with van der Waals surface area (Å²) in [5, 5.41) is 0.403. The molecule has 0 fully saturated rings. The Hall–Kier alpha value is -1.87. The van der Waals surface area contributed by atoms with E-state index in [4.69, 9.17) is 16.3 Å². The summed E-state index contributed by atoms with van der Waals surface area (Å²) in [7, 11) is 0. The molecule has 0 spiro atoms. The molecule has 1 aromatic carbocycles. The lowest BCUT2D eigenvalue weighted by Crippen LogP contribution is -2.10. The van der Waals surface area contributed by atoms with E-state index in [9.17, 15) is 4.79 Å². The van der Waals surface area contributed by atoms with Gasteiger partial charge in [0, 0.05) is 6.20 Å². The number of nitrogens with zero attached hydrogens (tertiary/aromatic N) is 1. The average molecular weight is 248 g/mol. The molecule has 2 rings (SSSR count). The molecule has 0 radical (unpaired) electrons. The lowest BCUT2D eigenvalue weighted by molar-refractivity contribution is 0.0728. The highest BCUT2D eigenvalue weighted by atomic mass is 35.5. The van der Waals surface area contributed by atoms with Gasteiger partial charge in [-0.15, -0.1) is 0 Å². The van der Waals surface area contributed by atoms with Crippen molar-refractivity contribution in [1.82, 2.24) is 4.98 Å². The van der Waals surface area contributed by atoms with Gasteiger partial charge in [-0.25, -0.2) is 9.78 Å². The highest BCUT2D eigenvalue weighted by Gasteiger charge is 2.11. The maximum atomic E-state index is 11.7. The molecule has 1 heterocycles. The summed E-state index contributed by atoms with van der Waals surface area (Å²) in [5.74, 6) is -0.166. The van der Waals surface area contributed by atoms with Crippen LogP contribution in [0.3, 0.4) is 0 Å². The maximum absolute atomic E-state index is 11.7. The molecule has 17 heavy (non-hydrogen) atoms.